The molecular formula is C18H14FNO3. The standard InChI is InChI=1S/C18H14FNO3/c19-14-5-3-4-13(10-14)12-23-18(22)11-20-9-8-17(21)15-6-1-2-7-16(15)20/h1-10H,11-12H2. The molecule has 0 amide bonds. The van der Waals surface area contributed by atoms with Gasteiger partial charge in [0.1, 0.15) is 19.0 Å². The van der Waals surface area contributed by atoms with Crippen LogP contribution in [-0.2, 0) is 22.7 Å². The van der Waals surface area contributed by atoms with Crippen LogP contribution in [0.1, 0.15) is 5.56 Å². The van der Waals surface area contributed by atoms with E-state index in [9.17, 15) is 14.0 Å². The summed E-state index contributed by atoms with van der Waals surface area (Å²) >= 11 is 0. The van der Waals surface area contributed by atoms with Crippen LogP contribution >= 0.6 is 0 Å². The average molecular weight is 311 g/mol. The number of fused-ring (bicyclic) bond motifs is 1. The van der Waals surface area contributed by atoms with Crippen molar-refractivity contribution in [1.29, 1.82) is 0 Å². The van der Waals surface area contributed by atoms with E-state index >= 15 is 0 Å². The minimum absolute atomic E-state index is 0.00866. The lowest BCUT2D eigenvalue weighted by Gasteiger charge is -2.10. The summed E-state index contributed by atoms with van der Waals surface area (Å²) in [5, 5.41) is 0.549. The predicted octanol–water partition coefficient (Wildman–Crippen LogP) is 2.88. The highest BCUT2D eigenvalue weighted by Gasteiger charge is 2.08. The largest absolute Gasteiger partial charge is 0.459 e. The SMILES string of the molecule is O=C(Cn1ccc(=O)c2ccccc21)OCc1cccc(F)c1. The summed E-state index contributed by atoms with van der Waals surface area (Å²) in [6.45, 7) is -0.00909. The van der Waals surface area contributed by atoms with E-state index in [4.69, 9.17) is 4.74 Å². The van der Waals surface area contributed by atoms with Crippen LogP contribution in [0.15, 0.2) is 65.6 Å². The minimum atomic E-state index is -0.455. The van der Waals surface area contributed by atoms with Gasteiger partial charge in [0.25, 0.3) is 0 Å². The highest BCUT2D eigenvalue weighted by Crippen LogP contribution is 2.10. The normalized spacial score (nSPS) is 10.7. The molecule has 0 aliphatic heterocycles. The Morgan fingerprint density at radius 3 is 2.74 bits per heavy atom. The van der Waals surface area contributed by atoms with Crippen molar-refractivity contribution in [2.75, 3.05) is 0 Å². The Bertz CT molecular complexity index is 917. The lowest BCUT2D eigenvalue weighted by atomic mass is 10.2. The number of hydrogen-bond acceptors (Lipinski definition) is 3. The van der Waals surface area contributed by atoms with E-state index < -0.39 is 5.97 Å². The van der Waals surface area contributed by atoms with Crippen LogP contribution in [0.25, 0.3) is 10.9 Å². The van der Waals surface area contributed by atoms with Gasteiger partial charge in [-0.15, -0.1) is 0 Å². The van der Waals surface area contributed by atoms with Crippen molar-refractivity contribution in [3.05, 3.63) is 82.4 Å². The molecule has 5 heteroatoms. The average Bonchev–Trinajstić information content (AvgIpc) is 2.56. The van der Waals surface area contributed by atoms with Crippen LogP contribution < -0.4 is 5.43 Å². The number of ether oxygens (including phenoxy) is 1. The van der Waals surface area contributed by atoms with Gasteiger partial charge in [0.15, 0.2) is 5.43 Å². The van der Waals surface area contributed by atoms with Gasteiger partial charge in [0, 0.05) is 17.6 Å². The van der Waals surface area contributed by atoms with Gasteiger partial charge in [0.2, 0.25) is 0 Å². The van der Waals surface area contributed by atoms with Gasteiger partial charge in [-0.25, -0.2) is 4.39 Å². The van der Waals surface area contributed by atoms with Crippen molar-refractivity contribution in [3.8, 4) is 0 Å². The van der Waals surface area contributed by atoms with Gasteiger partial charge in [0.05, 0.1) is 5.52 Å². The molecule has 116 valence electrons. The highest BCUT2D eigenvalue weighted by molar-refractivity contribution is 5.80. The zero-order valence-electron chi connectivity index (χ0n) is 12.2. The molecule has 0 saturated carbocycles. The van der Waals surface area contributed by atoms with E-state index in [1.165, 1.54) is 18.2 Å². The van der Waals surface area contributed by atoms with E-state index in [2.05, 4.69) is 0 Å². The number of rotatable bonds is 4. The summed E-state index contributed by atoms with van der Waals surface area (Å²) in [6.07, 6.45) is 1.56. The fourth-order valence-electron chi connectivity index (χ4n) is 2.37. The Kier molecular flexibility index (Phi) is 4.19. The first-order valence-electron chi connectivity index (χ1n) is 7.12. The van der Waals surface area contributed by atoms with E-state index in [0.717, 1.165) is 0 Å². The Morgan fingerprint density at radius 2 is 1.91 bits per heavy atom. The maximum absolute atomic E-state index is 13.1. The van der Waals surface area contributed by atoms with Gasteiger partial charge in [-0.05, 0) is 29.8 Å². The van der Waals surface area contributed by atoms with E-state index in [0.29, 0.717) is 16.5 Å². The molecular weight excluding hydrogens is 297 g/mol. The fraction of sp³-hybridized carbons (Fsp3) is 0.111. The number of carbonyl (C=O) groups excluding carboxylic acids is 1. The van der Waals surface area contributed by atoms with E-state index in [1.807, 2.05) is 0 Å². The molecule has 1 heterocycles. The third-order valence-corrected chi connectivity index (χ3v) is 3.47. The summed E-state index contributed by atoms with van der Waals surface area (Å²) in [6, 6.07) is 14.4. The van der Waals surface area contributed by atoms with Crippen LogP contribution in [0.5, 0.6) is 0 Å². The van der Waals surface area contributed by atoms with Gasteiger partial charge in [-0.2, -0.15) is 0 Å². The van der Waals surface area contributed by atoms with E-state index in [1.54, 1.807) is 47.2 Å². The maximum Gasteiger partial charge on any atom is 0.326 e. The van der Waals surface area contributed by atoms with Gasteiger partial charge in [-0.3, -0.25) is 9.59 Å². The van der Waals surface area contributed by atoms with Crippen molar-refractivity contribution < 1.29 is 13.9 Å². The molecule has 0 aliphatic rings. The van der Waals surface area contributed by atoms with Crippen LogP contribution in [0.4, 0.5) is 4.39 Å². The number of para-hydroxylation sites is 1. The van der Waals surface area contributed by atoms with Crippen LogP contribution in [0.3, 0.4) is 0 Å². The number of hydrogen-bond donors (Lipinski definition) is 0. The number of nitrogens with zero attached hydrogens (tertiary/aromatic N) is 1. The molecule has 0 atom stereocenters. The molecule has 0 unspecified atom stereocenters. The summed E-state index contributed by atoms with van der Waals surface area (Å²) in [5.41, 5.74) is 1.16. The Balaban J connectivity index is 1.73. The molecule has 0 aliphatic carbocycles. The van der Waals surface area contributed by atoms with Gasteiger partial charge in [-0.1, -0.05) is 24.3 Å². The first-order chi connectivity index (χ1) is 11.1. The van der Waals surface area contributed by atoms with Crippen molar-refractivity contribution in [2.45, 2.75) is 13.2 Å². The van der Waals surface area contributed by atoms with Crippen LogP contribution in [0, 0.1) is 5.82 Å². The first kappa shape index (κ1) is 15.0. The van der Waals surface area contributed by atoms with E-state index in [-0.39, 0.29) is 24.4 Å². The van der Waals surface area contributed by atoms with Gasteiger partial charge >= 0.3 is 5.97 Å². The highest BCUT2D eigenvalue weighted by atomic mass is 19.1. The minimum Gasteiger partial charge on any atom is -0.459 e. The number of carbonyl (C=O) groups is 1. The fourth-order valence-corrected chi connectivity index (χ4v) is 2.37. The smallest absolute Gasteiger partial charge is 0.326 e. The van der Waals surface area contributed by atoms with Crippen molar-refractivity contribution in [3.63, 3.8) is 0 Å². The molecule has 23 heavy (non-hydrogen) atoms. The molecule has 0 radical (unpaired) electrons. The molecule has 0 spiro atoms. The second kappa shape index (κ2) is 6.44. The quantitative estimate of drug-likeness (QED) is 0.696. The number of aromatic nitrogens is 1. The maximum atomic E-state index is 13.1. The molecule has 4 nitrogen and oxygen atoms in total. The van der Waals surface area contributed by atoms with Crippen LogP contribution in [0.2, 0.25) is 0 Å². The molecule has 2 aromatic carbocycles. The number of esters is 1. The molecule has 3 rings (SSSR count). The zero-order chi connectivity index (χ0) is 16.2. The van der Waals surface area contributed by atoms with Gasteiger partial charge < -0.3 is 9.30 Å². The molecule has 3 aromatic rings. The molecule has 0 fully saturated rings. The predicted molar refractivity (Wildman–Crippen MR) is 84.4 cm³/mol. The lowest BCUT2D eigenvalue weighted by molar-refractivity contribution is -0.145. The number of halogens is 1. The summed E-state index contributed by atoms with van der Waals surface area (Å²) in [7, 11) is 0. The second-order valence-electron chi connectivity index (χ2n) is 5.12. The monoisotopic (exact) mass is 311 g/mol. The topological polar surface area (TPSA) is 48.3 Å². The summed E-state index contributed by atoms with van der Waals surface area (Å²) in [5.74, 6) is -0.826. The first-order valence-corrected chi connectivity index (χ1v) is 7.12. The third kappa shape index (κ3) is 3.45. The molecule has 0 bridgehead atoms. The summed E-state index contributed by atoms with van der Waals surface area (Å²) in [4.78, 5) is 23.8. The third-order valence-electron chi connectivity index (χ3n) is 3.47. The molecule has 1 aromatic heterocycles. The zero-order valence-corrected chi connectivity index (χ0v) is 12.2. The molecule has 0 saturated heterocycles. The molecule has 0 N–H and O–H groups in total. The van der Waals surface area contributed by atoms with Crippen molar-refractivity contribution in [1.82, 2.24) is 4.57 Å². The van der Waals surface area contributed by atoms with Crippen molar-refractivity contribution in [2.24, 2.45) is 0 Å². The number of pyridine rings is 1. The second-order valence-corrected chi connectivity index (χ2v) is 5.12. The van der Waals surface area contributed by atoms with Crippen molar-refractivity contribution >= 4 is 16.9 Å². The summed E-state index contributed by atoms with van der Waals surface area (Å²) < 4.78 is 19.9. The lowest BCUT2D eigenvalue weighted by Crippen LogP contribution is -2.16. The van der Waals surface area contributed by atoms with Crippen LogP contribution in [-0.4, -0.2) is 10.5 Å². The number of benzene rings is 2. The Labute approximate surface area is 131 Å². The Morgan fingerprint density at radius 1 is 1.09 bits per heavy atom. The Hall–Kier alpha value is -2.95.